The van der Waals surface area contributed by atoms with Crippen molar-refractivity contribution in [2.24, 2.45) is 0 Å². The summed E-state index contributed by atoms with van der Waals surface area (Å²) in [4.78, 5) is 7.19. The molecule has 2 heterocycles. The lowest BCUT2D eigenvalue weighted by Gasteiger charge is -2.32. The summed E-state index contributed by atoms with van der Waals surface area (Å²) < 4.78 is 0. The van der Waals surface area contributed by atoms with Crippen LogP contribution in [0.4, 0.5) is 5.82 Å². The van der Waals surface area contributed by atoms with E-state index >= 15 is 0 Å². The Hall–Kier alpha value is -1.09. The first-order chi connectivity index (χ1) is 8.86. The van der Waals surface area contributed by atoms with Gasteiger partial charge in [-0.1, -0.05) is 25.8 Å². The van der Waals surface area contributed by atoms with Gasteiger partial charge in [0.15, 0.2) is 0 Å². The van der Waals surface area contributed by atoms with Crippen LogP contribution in [0.2, 0.25) is 0 Å². The summed E-state index contributed by atoms with van der Waals surface area (Å²) in [6, 6.07) is 4.89. The van der Waals surface area contributed by atoms with Crippen molar-refractivity contribution in [3.63, 3.8) is 0 Å². The van der Waals surface area contributed by atoms with E-state index < -0.39 is 0 Å². The van der Waals surface area contributed by atoms with Crippen LogP contribution in [0.15, 0.2) is 18.3 Å². The molecule has 18 heavy (non-hydrogen) atoms. The third kappa shape index (κ3) is 3.02. The summed E-state index contributed by atoms with van der Waals surface area (Å²) in [5, 5.41) is 3.25. The highest BCUT2D eigenvalue weighted by Gasteiger charge is 2.22. The van der Waals surface area contributed by atoms with Crippen LogP contribution in [0.5, 0.6) is 0 Å². The van der Waals surface area contributed by atoms with Gasteiger partial charge in [-0.15, -0.1) is 0 Å². The van der Waals surface area contributed by atoms with Crippen molar-refractivity contribution in [3.8, 4) is 0 Å². The van der Waals surface area contributed by atoms with E-state index in [1.54, 1.807) is 0 Å². The van der Waals surface area contributed by atoms with Gasteiger partial charge >= 0.3 is 0 Å². The van der Waals surface area contributed by atoms with Gasteiger partial charge < -0.3 is 10.2 Å². The topological polar surface area (TPSA) is 28.2 Å². The second-order valence-corrected chi connectivity index (χ2v) is 5.12. The Morgan fingerprint density at radius 1 is 1.39 bits per heavy atom. The third-order valence-electron chi connectivity index (χ3n) is 3.86. The largest absolute Gasteiger partial charge is 0.353 e. The molecular weight excluding hydrogens is 222 g/mol. The highest BCUT2D eigenvalue weighted by molar-refractivity contribution is 5.47. The van der Waals surface area contributed by atoms with Crippen molar-refractivity contribution in [1.29, 1.82) is 0 Å². The summed E-state index contributed by atoms with van der Waals surface area (Å²) in [6.45, 7) is 4.35. The number of hydrogen-bond acceptors (Lipinski definition) is 3. The fraction of sp³-hybridized carbons (Fsp3) is 0.667. The monoisotopic (exact) mass is 247 g/mol. The van der Waals surface area contributed by atoms with E-state index in [0.717, 1.165) is 13.1 Å². The Balaban J connectivity index is 2.26. The molecule has 0 amide bonds. The summed E-state index contributed by atoms with van der Waals surface area (Å²) in [6.07, 6.45) is 8.48. The Morgan fingerprint density at radius 2 is 2.28 bits per heavy atom. The average molecular weight is 247 g/mol. The maximum atomic E-state index is 4.65. The molecule has 1 aromatic rings. The molecule has 1 atom stereocenters. The van der Waals surface area contributed by atoms with Crippen LogP contribution < -0.4 is 10.2 Å². The molecule has 0 aliphatic carbocycles. The number of anilines is 1. The number of nitrogens with one attached hydrogen (secondary N) is 1. The van der Waals surface area contributed by atoms with Gasteiger partial charge in [0, 0.05) is 30.9 Å². The van der Waals surface area contributed by atoms with Crippen molar-refractivity contribution in [2.75, 3.05) is 18.5 Å². The minimum atomic E-state index is 0.665. The molecule has 0 bridgehead atoms. The van der Waals surface area contributed by atoms with E-state index in [1.165, 1.54) is 43.5 Å². The summed E-state index contributed by atoms with van der Waals surface area (Å²) in [7, 11) is 2.00. The van der Waals surface area contributed by atoms with Crippen molar-refractivity contribution < 1.29 is 0 Å². The molecule has 3 heteroatoms. The minimum Gasteiger partial charge on any atom is -0.353 e. The van der Waals surface area contributed by atoms with Crippen LogP contribution in [-0.4, -0.2) is 24.6 Å². The van der Waals surface area contributed by atoms with E-state index in [2.05, 4.69) is 28.2 Å². The van der Waals surface area contributed by atoms with Crippen LogP contribution in [0.3, 0.4) is 0 Å². The Bertz CT molecular complexity index is 365. The zero-order valence-electron chi connectivity index (χ0n) is 11.7. The lowest BCUT2D eigenvalue weighted by molar-refractivity contribution is 0.550. The van der Waals surface area contributed by atoms with Gasteiger partial charge in [0.2, 0.25) is 0 Å². The molecule has 1 unspecified atom stereocenters. The highest BCUT2D eigenvalue weighted by atomic mass is 15.2. The molecule has 1 aliphatic heterocycles. The SMILES string of the molecule is CCC1CCCCCN1c1ncccc1CNC. The molecule has 1 fully saturated rings. The van der Waals surface area contributed by atoms with Crippen molar-refractivity contribution in [3.05, 3.63) is 23.9 Å². The first-order valence-corrected chi connectivity index (χ1v) is 7.22. The fourth-order valence-electron chi connectivity index (χ4n) is 2.90. The molecule has 0 aromatic carbocycles. The summed E-state index contributed by atoms with van der Waals surface area (Å²) in [5.41, 5.74) is 1.32. The molecule has 1 N–H and O–H groups in total. The number of aromatic nitrogens is 1. The molecule has 1 aromatic heterocycles. The van der Waals surface area contributed by atoms with E-state index in [4.69, 9.17) is 0 Å². The van der Waals surface area contributed by atoms with E-state index in [9.17, 15) is 0 Å². The summed E-state index contributed by atoms with van der Waals surface area (Å²) >= 11 is 0. The van der Waals surface area contributed by atoms with Crippen molar-refractivity contribution in [2.45, 2.75) is 51.6 Å². The molecular formula is C15H25N3. The van der Waals surface area contributed by atoms with E-state index in [-0.39, 0.29) is 0 Å². The Morgan fingerprint density at radius 3 is 3.06 bits per heavy atom. The van der Waals surface area contributed by atoms with Gasteiger partial charge in [-0.2, -0.15) is 0 Å². The van der Waals surface area contributed by atoms with Gasteiger partial charge in [0.25, 0.3) is 0 Å². The second-order valence-electron chi connectivity index (χ2n) is 5.12. The van der Waals surface area contributed by atoms with Crippen molar-refractivity contribution in [1.82, 2.24) is 10.3 Å². The van der Waals surface area contributed by atoms with E-state index in [0.29, 0.717) is 6.04 Å². The molecule has 0 spiro atoms. The number of hydrogen-bond donors (Lipinski definition) is 1. The van der Waals surface area contributed by atoms with Crippen LogP contribution >= 0.6 is 0 Å². The van der Waals surface area contributed by atoms with Crippen LogP contribution in [-0.2, 0) is 6.54 Å². The number of nitrogens with zero attached hydrogens (tertiary/aromatic N) is 2. The minimum absolute atomic E-state index is 0.665. The van der Waals surface area contributed by atoms with Gasteiger partial charge in [0.1, 0.15) is 5.82 Å². The lowest BCUT2D eigenvalue weighted by atomic mass is 10.1. The third-order valence-corrected chi connectivity index (χ3v) is 3.86. The number of rotatable bonds is 4. The second kappa shape index (κ2) is 6.74. The maximum Gasteiger partial charge on any atom is 0.133 e. The Kier molecular flexibility index (Phi) is 5.00. The zero-order chi connectivity index (χ0) is 12.8. The molecule has 2 rings (SSSR count). The standard InChI is InChI=1S/C15H25N3/c1-3-14-9-5-4-6-11-18(14)15-13(12-16-2)8-7-10-17-15/h7-8,10,14,16H,3-6,9,11-12H2,1-2H3. The quantitative estimate of drug-likeness (QED) is 0.886. The van der Waals surface area contributed by atoms with Gasteiger partial charge in [-0.05, 0) is 32.4 Å². The average Bonchev–Trinajstić information content (AvgIpc) is 2.65. The molecule has 0 radical (unpaired) electrons. The zero-order valence-corrected chi connectivity index (χ0v) is 11.7. The van der Waals surface area contributed by atoms with Gasteiger partial charge in [-0.3, -0.25) is 0 Å². The van der Waals surface area contributed by atoms with Crippen molar-refractivity contribution >= 4 is 5.82 Å². The lowest BCUT2D eigenvalue weighted by Crippen LogP contribution is -2.36. The fourth-order valence-corrected chi connectivity index (χ4v) is 2.90. The predicted octanol–water partition coefficient (Wildman–Crippen LogP) is 2.96. The van der Waals surface area contributed by atoms with Crippen LogP contribution in [0.25, 0.3) is 0 Å². The van der Waals surface area contributed by atoms with E-state index in [1.807, 2.05) is 19.3 Å². The molecule has 1 aliphatic rings. The van der Waals surface area contributed by atoms with Crippen LogP contribution in [0.1, 0.15) is 44.6 Å². The molecule has 3 nitrogen and oxygen atoms in total. The molecule has 100 valence electrons. The van der Waals surface area contributed by atoms with Crippen LogP contribution in [0, 0.1) is 0 Å². The molecule has 0 saturated carbocycles. The first kappa shape index (κ1) is 13.3. The first-order valence-electron chi connectivity index (χ1n) is 7.22. The maximum absolute atomic E-state index is 4.65. The highest BCUT2D eigenvalue weighted by Crippen LogP contribution is 2.26. The summed E-state index contributed by atoms with van der Waals surface area (Å²) in [5.74, 6) is 1.20. The van der Waals surface area contributed by atoms with Gasteiger partial charge in [-0.25, -0.2) is 4.98 Å². The van der Waals surface area contributed by atoms with Gasteiger partial charge in [0.05, 0.1) is 0 Å². The Labute approximate surface area is 111 Å². The smallest absolute Gasteiger partial charge is 0.133 e. The molecule has 1 saturated heterocycles. The number of pyridine rings is 1. The normalized spacial score (nSPS) is 20.8. The predicted molar refractivity (Wildman–Crippen MR) is 76.9 cm³/mol.